The van der Waals surface area contributed by atoms with Crippen LogP contribution in [0.5, 0.6) is 0 Å². The number of halogens is 2. The molecule has 0 radical (unpaired) electrons. The Labute approximate surface area is 124 Å². The van der Waals surface area contributed by atoms with Crippen molar-refractivity contribution in [1.82, 2.24) is 4.98 Å². The number of nitrogens with one attached hydrogen (secondary N) is 1. The molecule has 2 nitrogen and oxygen atoms in total. The first-order chi connectivity index (χ1) is 9.72. The predicted octanol–water partition coefficient (Wildman–Crippen LogP) is 5.35. The smallest absolute Gasteiger partial charge is 0.187 e. The van der Waals surface area contributed by atoms with Gasteiger partial charge in [0.25, 0.3) is 0 Å². The predicted molar refractivity (Wildman–Crippen MR) is 82.2 cm³/mol. The molecule has 1 heterocycles. The van der Waals surface area contributed by atoms with E-state index < -0.39 is 0 Å². The summed E-state index contributed by atoms with van der Waals surface area (Å²) in [5, 5.41) is 6.49. The Morgan fingerprint density at radius 3 is 2.55 bits per heavy atom. The zero-order chi connectivity index (χ0) is 13.9. The van der Waals surface area contributed by atoms with Gasteiger partial charge < -0.3 is 5.32 Å². The average molecular weight is 305 g/mol. The Kier molecular flexibility index (Phi) is 3.67. The lowest BCUT2D eigenvalue weighted by Crippen LogP contribution is -1.90. The maximum Gasteiger partial charge on any atom is 0.187 e. The maximum atomic E-state index is 12.9. The quantitative estimate of drug-likeness (QED) is 0.706. The van der Waals surface area contributed by atoms with E-state index in [-0.39, 0.29) is 5.82 Å². The van der Waals surface area contributed by atoms with Gasteiger partial charge in [0.15, 0.2) is 5.13 Å². The zero-order valence-electron chi connectivity index (χ0n) is 10.3. The SMILES string of the molecule is Fc1ccc(-c2csc(Nc3ccccc3Cl)n2)cc1. The minimum Gasteiger partial charge on any atom is -0.330 e. The molecule has 0 aliphatic heterocycles. The third-order valence-corrected chi connectivity index (χ3v) is 3.85. The first-order valence-corrected chi connectivity index (χ1v) is 7.21. The fourth-order valence-corrected chi connectivity index (χ4v) is 2.68. The fraction of sp³-hybridized carbons (Fsp3) is 0. The highest BCUT2D eigenvalue weighted by atomic mass is 35.5. The van der Waals surface area contributed by atoms with E-state index in [1.54, 1.807) is 12.1 Å². The number of thiazole rings is 1. The van der Waals surface area contributed by atoms with Gasteiger partial charge in [0.05, 0.1) is 16.4 Å². The van der Waals surface area contributed by atoms with Gasteiger partial charge in [0.1, 0.15) is 5.82 Å². The molecule has 0 spiro atoms. The lowest BCUT2D eigenvalue weighted by Gasteiger charge is -2.04. The van der Waals surface area contributed by atoms with E-state index >= 15 is 0 Å². The lowest BCUT2D eigenvalue weighted by atomic mass is 10.2. The summed E-state index contributed by atoms with van der Waals surface area (Å²) >= 11 is 7.57. The van der Waals surface area contributed by atoms with Crippen LogP contribution in [0.3, 0.4) is 0 Å². The summed E-state index contributed by atoms with van der Waals surface area (Å²) in [6.07, 6.45) is 0. The van der Waals surface area contributed by atoms with Crippen LogP contribution in [-0.4, -0.2) is 4.98 Å². The molecule has 1 N–H and O–H groups in total. The number of hydrogen-bond donors (Lipinski definition) is 1. The Morgan fingerprint density at radius 2 is 1.80 bits per heavy atom. The van der Waals surface area contributed by atoms with E-state index in [9.17, 15) is 4.39 Å². The van der Waals surface area contributed by atoms with Gasteiger partial charge in [-0.15, -0.1) is 11.3 Å². The van der Waals surface area contributed by atoms with Crippen LogP contribution in [0.25, 0.3) is 11.3 Å². The molecule has 0 aliphatic carbocycles. The van der Waals surface area contributed by atoms with E-state index in [4.69, 9.17) is 11.6 Å². The Bertz CT molecular complexity index is 725. The molecular formula is C15H10ClFN2S. The Morgan fingerprint density at radius 1 is 1.05 bits per heavy atom. The molecule has 0 atom stereocenters. The van der Waals surface area contributed by atoms with Crippen LogP contribution >= 0.6 is 22.9 Å². The molecule has 0 bridgehead atoms. The molecule has 2 aromatic carbocycles. The van der Waals surface area contributed by atoms with E-state index in [2.05, 4.69) is 10.3 Å². The molecular weight excluding hydrogens is 295 g/mol. The highest BCUT2D eigenvalue weighted by Crippen LogP contribution is 2.29. The molecule has 100 valence electrons. The first-order valence-electron chi connectivity index (χ1n) is 5.95. The summed E-state index contributed by atoms with van der Waals surface area (Å²) in [4.78, 5) is 4.47. The van der Waals surface area contributed by atoms with Crippen molar-refractivity contribution in [3.05, 3.63) is 64.8 Å². The number of nitrogens with zero attached hydrogens (tertiary/aromatic N) is 1. The Hall–Kier alpha value is -1.91. The van der Waals surface area contributed by atoms with E-state index in [0.717, 1.165) is 22.1 Å². The van der Waals surface area contributed by atoms with Crippen LogP contribution in [0, 0.1) is 5.82 Å². The second-order valence-corrected chi connectivity index (χ2v) is 5.41. The monoisotopic (exact) mass is 304 g/mol. The highest BCUT2D eigenvalue weighted by molar-refractivity contribution is 7.14. The summed E-state index contributed by atoms with van der Waals surface area (Å²) in [5.74, 6) is -0.251. The van der Waals surface area contributed by atoms with Crippen molar-refractivity contribution in [2.24, 2.45) is 0 Å². The summed E-state index contributed by atoms with van der Waals surface area (Å²) in [6.45, 7) is 0. The van der Waals surface area contributed by atoms with Gasteiger partial charge in [-0.3, -0.25) is 0 Å². The van der Waals surface area contributed by atoms with Crippen LogP contribution in [0.2, 0.25) is 5.02 Å². The molecule has 0 saturated carbocycles. The van der Waals surface area contributed by atoms with Crippen molar-refractivity contribution in [3.63, 3.8) is 0 Å². The number of aromatic nitrogens is 1. The topological polar surface area (TPSA) is 24.9 Å². The second kappa shape index (κ2) is 5.61. The largest absolute Gasteiger partial charge is 0.330 e. The van der Waals surface area contributed by atoms with Gasteiger partial charge in [-0.2, -0.15) is 0 Å². The van der Waals surface area contributed by atoms with Crippen molar-refractivity contribution < 1.29 is 4.39 Å². The zero-order valence-corrected chi connectivity index (χ0v) is 11.9. The molecule has 20 heavy (non-hydrogen) atoms. The molecule has 5 heteroatoms. The van der Waals surface area contributed by atoms with Gasteiger partial charge in [-0.1, -0.05) is 23.7 Å². The molecule has 3 rings (SSSR count). The fourth-order valence-electron chi connectivity index (χ4n) is 1.76. The molecule has 3 aromatic rings. The molecule has 0 saturated heterocycles. The minimum absolute atomic E-state index is 0.251. The van der Waals surface area contributed by atoms with Crippen molar-refractivity contribution in [1.29, 1.82) is 0 Å². The van der Waals surface area contributed by atoms with E-state index in [1.165, 1.54) is 23.5 Å². The number of benzene rings is 2. The first kappa shape index (κ1) is 13.1. The summed E-state index contributed by atoms with van der Waals surface area (Å²) in [7, 11) is 0. The molecule has 0 aliphatic rings. The van der Waals surface area contributed by atoms with Gasteiger partial charge >= 0.3 is 0 Å². The third kappa shape index (κ3) is 2.81. The number of para-hydroxylation sites is 1. The standard InChI is InChI=1S/C15H10ClFN2S/c16-12-3-1-2-4-13(12)18-15-19-14(9-20-15)10-5-7-11(17)8-6-10/h1-9H,(H,18,19). The van der Waals surface area contributed by atoms with Gasteiger partial charge in [0.2, 0.25) is 0 Å². The summed E-state index contributed by atoms with van der Waals surface area (Å²) in [6, 6.07) is 13.8. The number of anilines is 2. The van der Waals surface area contributed by atoms with Gasteiger partial charge in [-0.25, -0.2) is 9.37 Å². The van der Waals surface area contributed by atoms with Crippen molar-refractivity contribution in [2.45, 2.75) is 0 Å². The van der Waals surface area contributed by atoms with Crippen LogP contribution in [0.15, 0.2) is 53.9 Å². The minimum atomic E-state index is -0.251. The average Bonchev–Trinajstić information content (AvgIpc) is 2.91. The van der Waals surface area contributed by atoms with Crippen LogP contribution < -0.4 is 5.32 Å². The van der Waals surface area contributed by atoms with Gasteiger partial charge in [-0.05, 0) is 36.4 Å². The Balaban J connectivity index is 1.84. The van der Waals surface area contributed by atoms with Crippen molar-refractivity contribution in [3.8, 4) is 11.3 Å². The maximum absolute atomic E-state index is 12.9. The van der Waals surface area contributed by atoms with Gasteiger partial charge in [0, 0.05) is 10.9 Å². The molecule has 0 amide bonds. The van der Waals surface area contributed by atoms with E-state index in [0.29, 0.717) is 5.02 Å². The van der Waals surface area contributed by atoms with Crippen LogP contribution in [0.4, 0.5) is 15.2 Å². The molecule has 0 unspecified atom stereocenters. The number of hydrogen-bond acceptors (Lipinski definition) is 3. The van der Waals surface area contributed by atoms with Crippen molar-refractivity contribution >= 4 is 33.8 Å². The normalized spacial score (nSPS) is 10.5. The van der Waals surface area contributed by atoms with E-state index in [1.807, 2.05) is 29.6 Å². The summed E-state index contributed by atoms with van der Waals surface area (Å²) < 4.78 is 12.9. The van der Waals surface area contributed by atoms with Crippen molar-refractivity contribution in [2.75, 3.05) is 5.32 Å². The van der Waals surface area contributed by atoms with Crippen LogP contribution in [-0.2, 0) is 0 Å². The lowest BCUT2D eigenvalue weighted by molar-refractivity contribution is 0.628. The summed E-state index contributed by atoms with van der Waals surface area (Å²) in [5.41, 5.74) is 2.51. The third-order valence-electron chi connectivity index (χ3n) is 2.76. The number of rotatable bonds is 3. The molecule has 0 fully saturated rings. The second-order valence-electron chi connectivity index (χ2n) is 4.15. The van der Waals surface area contributed by atoms with Crippen LogP contribution in [0.1, 0.15) is 0 Å². The molecule has 1 aromatic heterocycles. The highest BCUT2D eigenvalue weighted by Gasteiger charge is 2.06.